The highest BCUT2D eigenvalue weighted by molar-refractivity contribution is 5.64. The third kappa shape index (κ3) is 1.39. The van der Waals surface area contributed by atoms with Crippen LogP contribution in [0.3, 0.4) is 0 Å². The van der Waals surface area contributed by atoms with Crippen molar-refractivity contribution in [2.75, 3.05) is 6.54 Å². The van der Waals surface area contributed by atoms with E-state index < -0.39 is 0 Å². The predicted octanol–water partition coefficient (Wildman–Crippen LogP) is 5.03. The average molecular weight is 291 g/mol. The summed E-state index contributed by atoms with van der Waals surface area (Å²) in [6.45, 7) is 8.25. The van der Waals surface area contributed by atoms with E-state index in [-0.39, 0.29) is 11.1 Å². The van der Waals surface area contributed by atoms with Crippen LogP contribution in [0.25, 0.3) is 0 Å². The van der Waals surface area contributed by atoms with Crippen LogP contribution in [0.15, 0.2) is 48.5 Å². The highest BCUT2D eigenvalue weighted by Crippen LogP contribution is 2.64. The molecule has 2 aromatic rings. The van der Waals surface area contributed by atoms with Crippen molar-refractivity contribution in [2.24, 2.45) is 0 Å². The van der Waals surface area contributed by atoms with Gasteiger partial charge in [0.25, 0.3) is 0 Å². The molecule has 1 heteroatoms. The number of fused-ring (bicyclic) bond motifs is 8. The van der Waals surface area contributed by atoms with Crippen molar-refractivity contribution in [1.82, 2.24) is 4.90 Å². The van der Waals surface area contributed by atoms with Crippen LogP contribution in [0.1, 0.15) is 62.3 Å². The Morgan fingerprint density at radius 1 is 0.818 bits per heavy atom. The quantitative estimate of drug-likeness (QED) is 0.763. The van der Waals surface area contributed by atoms with Crippen LogP contribution in [0.2, 0.25) is 0 Å². The lowest BCUT2D eigenvalue weighted by atomic mass is 9.72. The van der Waals surface area contributed by atoms with Gasteiger partial charge in [-0.3, -0.25) is 4.90 Å². The van der Waals surface area contributed by atoms with Crippen molar-refractivity contribution in [2.45, 2.75) is 51.1 Å². The van der Waals surface area contributed by atoms with Gasteiger partial charge in [-0.2, -0.15) is 0 Å². The summed E-state index contributed by atoms with van der Waals surface area (Å²) in [7, 11) is 0. The smallest absolute Gasteiger partial charge is 0.0729 e. The van der Waals surface area contributed by atoms with E-state index in [9.17, 15) is 0 Å². The van der Waals surface area contributed by atoms with Crippen LogP contribution in [0.4, 0.5) is 0 Å². The Bertz CT molecular complexity index is 668. The Hall–Kier alpha value is -1.60. The second-order valence-corrected chi connectivity index (χ2v) is 6.88. The molecule has 22 heavy (non-hydrogen) atoms. The number of rotatable bonds is 4. The molecule has 0 spiro atoms. The van der Waals surface area contributed by atoms with Gasteiger partial charge in [0.15, 0.2) is 0 Å². The van der Waals surface area contributed by atoms with E-state index in [0.29, 0.717) is 0 Å². The molecular weight excluding hydrogens is 266 g/mol. The fraction of sp³-hybridized carbons (Fsp3) is 0.429. The van der Waals surface area contributed by atoms with E-state index >= 15 is 0 Å². The third-order valence-electron chi connectivity index (χ3n) is 6.04. The molecule has 0 fully saturated rings. The molecule has 0 atom stereocenters. The maximum Gasteiger partial charge on any atom is 0.0729 e. The van der Waals surface area contributed by atoms with Gasteiger partial charge in [0.2, 0.25) is 0 Å². The second kappa shape index (κ2) is 4.70. The number of hydrogen-bond acceptors (Lipinski definition) is 1. The SMILES string of the molecule is CCCCN1C2(C)c3ccccc3C1(CC)c1ccccc12. The van der Waals surface area contributed by atoms with Gasteiger partial charge in [0, 0.05) is 6.54 Å². The second-order valence-electron chi connectivity index (χ2n) is 6.88. The van der Waals surface area contributed by atoms with Crippen LogP contribution < -0.4 is 0 Å². The first-order valence-corrected chi connectivity index (χ1v) is 8.69. The molecule has 114 valence electrons. The standard InChI is InChI=1S/C21H25N/c1-4-6-15-22-20(3)16-11-7-9-13-18(16)21(22,5-2)19-14-10-8-12-17(19)20/h7-14H,4-6,15H2,1-3H3. The third-order valence-corrected chi connectivity index (χ3v) is 6.04. The summed E-state index contributed by atoms with van der Waals surface area (Å²) in [6, 6.07) is 18.2. The molecule has 2 aromatic carbocycles. The van der Waals surface area contributed by atoms with Crippen molar-refractivity contribution >= 4 is 0 Å². The molecule has 0 saturated heterocycles. The van der Waals surface area contributed by atoms with Gasteiger partial charge in [-0.05, 0) is 42.0 Å². The van der Waals surface area contributed by atoms with E-state index in [4.69, 9.17) is 0 Å². The van der Waals surface area contributed by atoms with Gasteiger partial charge in [0.1, 0.15) is 0 Å². The summed E-state index contributed by atoms with van der Waals surface area (Å²) in [5, 5.41) is 0. The van der Waals surface area contributed by atoms with Crippen LogP contribution in [-0.2, 0) is 11.1 Å². The molecule has 0 N–H and O–H groups in total. The first-order chi connectivity index (χ1) is 10.7. The summed E-state index contributed by atoms with van der Waals surface area (Å²) in [5.74, 6) is 0. The molecule has 2 aliphatic rings. The van der Waals surface area contributed by atoms with Crippen LogP contribution in [0, 0.1) is 0 Å². The monoisotopic (exact) mass is 291 g/mol. The summed E-state index contributed by atoms with van der Waals surface area (Å²) >= 11 is 0. The largest absolute Gasteiger partial charge is 0.276 e. The molecule has 2 aliphatic heterocycles. The zero-order valence-electron chi connectivity index (χ0n) is 13.9. The van der Waals surface area contributed by atoms with E-state index in [0.717, 1.165) is 6.42 Å². The molecule has 0 aliphatic carbocycles. The Balaban J connectivity index is 2.03. The van der Waals surface area contributed by atoms with Gasteiger partial charge in [-0.15, -0.1) is 0 Å². The summed E-state index contributed by atoms with van der Waals surface area (Å²) in [6.07, 6.45) is 3.65. The Morgan fingerprint density at radius 2 is 1.32 bits per heavy atom. The molecule has 4 rings (SSSR count). The number of benzene rings is 2. The lowest BCUT2D eigenvalue weighted by molar-refractivity contribution is 0.0808. The van der Waals surface area contributed by atoms with Gasteiger partial charge in [0.05, 0.1) is 11.1 Å². The van der Waals surface area contributed by atoms with Crippen molar-refractivity contribution in [1.29, 1.82) is 0 Å². The average Bonchev–Trinajstić information content (AvgIpc) is 2.93. The highest BCUT2D eigenvalue weighted by Gasteiger charge is 2.62. The predicted molar refractivity (Wildman–Crippen MR) is 92.0 cm³/mol. The fourth-order valence-corrected chi connectivity index (χ4v) is 5.09. The zero-order chi connectivity index (χ0) is 15.4. The molecular formula is C21H25N. The first kappa shape index (κ1) is 14.0. The fourth-order valence-electron chi connectivity index (χ4n) is 5.09. The molecule has 0 unspecified atom stereocenters. The van der Waals surface area contributed by atoms with Crippen molar-refractivity contribution in [3.63, 3.8) is 0 Å². The maximum atomic E-state index is 2.79. The molecule has 0 amide bonds. The molecule has 0 saturated carbocycles. The minimum absolute atomic E-state index is 0.0400. The molecule has 2 bridgehead atoms. The molecule has 0 radical (unpaired) electrons. The van der Waals surface area contributed by atoms with Crippen molar-refractivity contribution in [3.05, 3.63) is 70.8 Å². The highest BCUT2D eigenvalue weighted by atomic mass is 15.3. The van der Waals surface area contributed by atoms with E-state index in [2.05, 4.69) is 74.2 Å². The van der Waals surface area contributed by atoms with Gasteiger partial charge >= 0.3 is 0 Å². The van der Waals surface area contributed by atoms with Crippen molar-refractivity contribution < 1.29 is 0 Å². The topological polar surface area (TPSA) is 3.24 Å². The molecule has 0 aromatic heterocycles. The van der Waals surface area contributed by atoms with Crippen LogP contribution >= 0.6 is 0 Å². The van der Waals surface area contributed by atoms with E-state index in [1.165, 1.54) is 41.6 Å². The number of nitrogens with zero attached hydrogens (tertiary/aromatic N) is 1. The maximum absolute atomic E-state index is 2.79. The van der Waals surface area contributed by atoms with Crippen LogP contribution in [0.5, 0.6) is 0 Å². The number of unbranched alkanes of at least 4 members (excludes halogenated alkanes) is 1. The molecule has 1 nitrogen and oxygen atoms in total. The minimum atomic E-state index is 0.0400. The zero-order valence-corrected chi connectivity index (χ0v) is 13.9. The summed E-state index contributed by atoms with van der Waals surface area (Å²) < 4.78 is 0. The van der Waals surface area contributed by atoms with Gasteiger partial charge < -0.3 is 0 Å². The van der Waals surface area contributed by atoms with E-state index in [1.807, 2.05) is 0 Å². The van der Waals surface area contributed by atoms with Crippen molar-refractivity contribution in [3.8, 4) is 0 Å². The lowest BCUT2D eigenvalue weighted by Crippen LogP contribution is -2.44. The Kier molecular flexibility index (Phi) is 2.99. The Morgan fingerprint density at radius 3 is 1.77 bits per heavy atom. The Labute approximate surface area is 134 Å². The first-order valence-electron chi connectivity index (χ1n) is 8.69. The minimum Gasteiger partial charge on any atom is -0.276 e. The normalized spacial score (nSPS) is 28.7. The summed E-state index contributed by atoms with van der Waals surface area (Å²) in [5.41, 5.74) is 6.23. The van der Waals surface area contributed by atoms with Crippen LogP contribution in [-0.4, -0.2) is 11.4 Å². The van der Waals surface area contributed by atoms with E-state index in [1.54, 1.807) is 0 Å². The number of hydrogen-bond donors (Lipinski definition) is 0. The van der Waals surface area contributed by atoms with Gasteiger partial charge in [-0.1, -0.05) is 68.8 Å². The molecule has 2 heterocycles. The summed E-state index contributed by atoms with van der Waals surface area (Å²) in [4.78, 5) is 2.79. The lowest BCUT2D eigenvalue weighted by Gasteiger charge is -2.38. The van der Waals surface area contributed by atoms with Gasteiger partial charge in [-0.25, -0.2) is 0 Å².